The zero-order valence-corrected chi connectivity index (χ0v) is 19.2. The summed E-state index contributed by atoms with van der Waals surface area (Å²) >= 11 is 0. The molecule has 0 spiro atoms. The maximum atomic E-state index is 11.1. The summed E-state index contributed by atoms with van der Waals surface area (Å²) in [5, 5.41) is 32.4. The average molecular weight is 405 g/mol. The zero-order valence-electron chi connectivity index (χ0n) is 19.2. The Kier molecular flexibility index (Phi) is 5.75. The molecule has 4 rings (SSSR count). The van der Waals surface area contributed by atoms with Crippen molar-refractivity contribution in [3.05, 3.63) is 11.6 Å². The quantitative estimate of drug-likeness (QED) is 0.423. The van der Waals surface area contributed by atoms with Gasteiger partial charge in [-0.15, -0.1) is 0 Å². The minimum absolute atomic E-state index is 0.0134. The molecule has 0 aliphatic heterocycles. The number of fused-ring (bicyclic) bond motifs is 5. The van der Waals surface area contributed by atoms with Crippen LogP contribution >= 0.6 is 0 Å². The van der Waals surface area contributed by atoms with Gasteiger partial charge in [-0.2, -0.15) is 0 Å². The summed E-state index contributed by atoms with van der Waals surface area (Å²) in [4.78, 5) is 0. The van der Waals surface area contributed by atoms with E-state index in [4.69, 9.17) is 0 Å². The van der Waals surface area contributed by atoms with E-state index < -0.39 is 5.79 Å². The minimum Gasteiger partial charge on any atom is -0.393 e. The molecule has 4 aliphatic rings. The zero-order chi connectivity index (χ0) is 21.0. The maximum Gasteiger partial charge on any atom is 0.165 e. The average Bonchev–Trinajstić information content (AvgIpc) is 3.00. The highest BCUT2D eigenvalue weighted by Gasteiger charge is 2.61. The first-order valence-electron chi connectivity index (χ1n) is 12.4. The van der Waals surface area contributed by atoms with E-state index in [0.29, 0.717) is 30.1 Å². The van der Waals surface area contributed by atoms with Crippen LogP contribution in [0.1, 0.15) is 98.3 Å². The van der Waals surface area contributed by atoms with Crippen molar-refractivity contribution in [3.63, 3.8) is 0 Å². The van der Waals surface area contributed by atoms with Crippen LogP contribution < -0.4 is 0 Å². The Morgan fingerprint density at radius 3 is 2.55 bits per heavy atom. The Balaban J connectivity index is 1.53. The van der Waals surface area contributed by atoms with E-state index in [2.05, 4.69) is 33.8 Å². The highest BCUT2D eigenvalue weighted by Crippen LogP contribution is 2.67. The second-order valence-corrected chi connectivity index (χ2v) is 12.0. The van der Waals surface area contributed by atoms with Gasteiger partial charge in [0.25, 0.3) is 0 Å². The second-order valence-electron chi connectivity index (χ2n) is 12.0. The molecule has 29 heavy (non-hydrogen) atoms. The molecule has 0 radical (unpaired) electrons. The summed E-state index contributed by atoms with van der Waals surface area (Å²) in [6, 6.07) is 0. The molecule has 0 heterocycles. The molecule has 3 heteroatoms. The van der Waals surface area contributed by atoms with E-state index in [1.807, 2.05) is 0 Å². The van der Waals surface area contributed by atoms with E-state index in [9.17, 15) is 15.3 Å². The van der Waals surface area contributed by atoms with Crippen LogP contribution in [0.4, 0.5) is 0 Å². The molecular formula is C26H44O3. The van der Waals surface area contributed by atoms with Gasteiger partial charge in [0, 0.05) is 12.3 Å². The molecule has 0 amide bonds. The number of rotatable bonds is 5. The predicted octanol–water partition coefficient (Wildman–Crippen LogP) is 5.43. The Labute approximate surface area is 178 Å². The van der Waals surface area contributed by atoms with Gasteiger partial charge in [-0.1, -0.05) is 45.8 Å². The van der Waals surface area contributed by atoms with Gasteiger partial charge in [0.1, 0.15) is 0 Å². The van der Waals surface area contributed by atoms with E-state index in [0.717, 1.165) is 57.8 Å². The van der Waals surface area contributed by atoms with Crippen LogP contribution in [0, 0.1) is 40.4 Å². The van der Waals surface area contributed by atoms with Crippen molar-refractivity contribution < 1.29 is 15.3 Å². The molecule has 0 aromatic rings. The van der Waals surface area contributed by atoms with Gasteiger partial charge in [-0.05, 0) is 92.3 Å². The van der Waals surface area contributed by atoms with Crippen LogP contribution in [-0.4, -0.2) is 27.2 Å². The fourth-order valence-corrected chi connectivity index (χ4v) is 8.35. The van der Waals surface area contributed by atoms with Crippen molar-refractivity contribution in [2.24, 2.45) is 40.4 Å². The van der Waals surface area contributed by atoms with Gasteiger partial charge >= 0.3 is 0 Å². The molecule has 0 aromatic heterocycles. The van der Waals surface area contributed by atoms with E-state index in [-0.39, 0.29) is 22.9 Å². The summed E-state index contributed by atoms with van der Waals surface area (Å²) in [7, 11) is 0. The molecule has 3 fully saturated rings. The third-order valence-electron chi connectivity index (χ3n) is 9.96. The van der Waals surface area contributed by atoms with Crippen molar-refractivity contribution in [3.8, 4) is 0 Å². The topological polar surface area (TPSA) is 60.7 Å². The van der Waals surface area contributed by atoms with Crippen molar-refractivity contribution in [2.45, 2.75) is 110 Å². The van der Waals surface area contributed by atoms with Crippen LogP contribution in [0.15, 0.2) is 11.6 Å². The van der Waals surface area contributed by atoms with Crippen LogP contribution in [0.25, 0.3) is 0 Å². The largest absolute Gasteiger partial charge is 0.393 e. The van der Waals surface area contributed by atoms with E-state index >= 15 is 0 Å². The second kappa shape index (κ2) is 7.64. The Morgan fingerprint density at radius 1 is 1.07 bits per heavy atom. The molecule has 3 N–H and O–H groups in total. The Morgan fingerprint density at radius 2 is 1.83 bits per heavy atom. The number of allylic oxidation sites excluding steroid dienone is 1. The summed E-state index contributed by atoms with van der Waals surface area (Å²) in [6.45, 7) is 9.26. The van der Waals surface area contributed by atoms with E-state index in [1.54, 1.807) is 0 Å². The summed E-state index contributed by atoms with van der Waals surface area (Å²) in [5.41, 5.74) is 1.83. The lowest BCUT2D eigenvalue weighted by Crippen LogP contribution is -2.53. The summed E-state index contributed by atoms with van der Waals surface area (Å²) in [5.74, 6) is 1.11. The fraction of sp³-hybridized carbons (Fsp3) is 0.923. The molecule has 7 atom stereocenters. The van der Waals surface area contributed by atoms with Crippen LogP contribution in [0.2, 0.25) is 0 Å². The fourth-order valence-electron chi connectivity index (χ4n) is 8.35. The first-order valence-corrected chi connectivity index (χ1v) is 12.4. The van der Waals surface area contributed by atoms with Gasteiger partial charge in [0.2, 0.25) is 0 Å². The SMILES string of the molecule is CC(C)CCCC(O)(O)[C@H]1CC[C@H]2[C@@H]3CC=C4C[C@@H](O)CC[C@]4(C)[C@H]3CC[C@]12C. The van der Waals surface area contributed by atoms with Gasteiger partial charge in [0.05, 0.1) is 6.10 Å². The van der Waals surface area contributed by atoms with Crippen molar-refractivity contribution in [1.29, 1.82) is 0 Å². The molecule has 4 aliphatic carbocycles. The van der Waals surface area contributed by atoms with Crippen molar-refractivity contribution >= 4 is 0 Å². The summed E-state index contributed by atoms with van der Waals surface area (Å²) < 4.78 is 0. The molecule has 3 saturated carbocycles. The Bertz CT molecular complexity index is 638. The molecular weight excluding hydrogens is 360 g/mol. The van der Waals surface area contributed by atoms with Crippen molar-refractivity contribution in [1.82, 2.24) is 0 Å². The lowest BCUT2D eigenvalue weighted by Gasteiger charge is -2.58. The molecule has 0 saturated heterocycles. The number of hydrogen-bond acceptors (Lipinski definition) is 3. The van der Waals surface area contributed by atoms with Crippen molar-refractivity contribution in [2.75, 3.05) is 0 Å². The van der Waals surface area contributed by atoms with Crippen LogP contribution in [0.5, 0.6) is 0 Å². The molecule has 3 nitrogen and oxygen atoms in total. The Hall–Kier alpha value is -0.380. The van der Waals surface area contributed by atoms with Crippen LogP contribution in [0.3, 0.4) is 0 Å². The van der Waals surface area contributed by atoms with Gasteiger partial charge in [-0.25, -0.2) is 0 Å². The third kappa shape index (κ3) is 3.64. The van der Waals surface area contributed by atoms with E-state index in [1.165, 1.54) is 12.0 Å². The smallest absolute Gasteiger partial charge is 0.165 e. The third-order valence-corrected chi connectivity index (χ3v) is 9.96. The normalized spacial score (nSPS) is 44.8. The monoisotopic (exact) mass is 404 g/mol. The maximum absolute atomic E-state index is 11.1. The first-order chi connectivity index (χ1) is 13.6. The minimum atomic E-state index is -1.51. The number of hydrogen-bond donors (Lipinski definition) is 3. The molecule has 166 valence electrons. The predicted molar refractivity (Wildman–Crippen MR) is 117 cm³/mol. The standard InChI is InChI=1S/C26H44O3/c1-17(2)6-5-13-26(28,29)23-10-9-21-20-8-7-18-16-19(27)11-14-24(18,3)22(20)12-15-25(21,23)4/h7,17,19-23,27-29H,5-6,8-16H2,1-4H3/t19-,20-,21-,22-,23-,24-,25-/m0/s1. The number of aliphatic hydroxyl groups excluding tert-OH is 1. The highest BCUT2D eigenvalue weighted by molar-refractivity contribution is 5.25. The lowest BCUT2D eigenvalue weighted by molar-refractivity contribution is -0.235. The number of aliphatic hydroxyl groups is 3. The lowest BCUT2D eigenvalue weighted by atomic mass is 9.47. The highest BCUT2D eigenvalue weighted by atomic mass is 16.5. The molecule has 0 aromatic carbocycles. The van der Waals surface area contributed by atoms with Gasteiger partial charge in [-0.3, -0.25) is 0 Å². The van der Waals surface area contributed by atoms with Crippen LogP contribution in [-0.2, 0) is 0 Å². The summed E-state index contributed by atoms with van der Waals surface area (Å²) in [6.07, 6.45) is 13.3. The molecule has 0 bridgehead atoms. The molecule has 0 unspecified atom stereocenters. The first kappa shape index (κ1) is 21.8. The van der Waals surface area contributed by atoms with Gasteiger partial charge < -0.3 is 15.3 Å². The van der Waals surface area contributed by atoms with Gasteiger partial charge in [0.15, 0.2) is 5.79 Å².